The maximum atomic E-state index is 11.2. The first-order valence-electron chi connectivity index (χ1n) is 8.41. The van der Waals surface area contributed by atoms with Crippen molar-refractivity contribution in [1.29, 1.82) is 0 Å². The first-order chi connectivity index (χ1) is 11.7. The van der Waals surface area contributed by atoms with E-state index in [2.05, 4.69) is 17.6 Å². The minimum atomic E-state index is -0.604. The summed E-state index contributed by atoms with van der Waals surface area (Å²) < 4.78 is 11.2. The Kier molecular flexibility index (Phi) is 7.88. The van der Waals surface area contributed by atoms with Crippen LogP contribution in [-0.4, -0.2) is 50.6 Å². The molecule has 1 fully saturated rings. The first kappa shape index (κ1) is 18.6. The molecule has 1 aliphatic rings. The summed E-state index contributed by atoms with van der Waals surface area (Å²) in [5, 5.41) is 1.80. The number of ether oxygens (including phenoxy) is 2. The number of amides is 1. The molecule has 1 aliphatic heterocycles. The highest BCUT2D eigenvalue weighted by Crippen LogP contribution is 2.32. The predicted molar refractivity (Wildman–Crippen MR) is 90.1 cm³/mol. The van der Waals surface area contributed by atoms with E-state index in [1.165, 1.54) is 0 Å². The Labute approximate surface area is 143 Å². The molecule has 6 heteroatoms. The standard InChI is InChI=1S/C18H26N2O4/c1-23-11-5-6-12-24-18(15-7-3-2-4-8-15)16-9-10-20(13-16)19-17(22)14-21/h2-4,7-8,14,16,18H,5-6,9-13H2,1H3,(H,19,22). The van der Waals surface area contributed by atoms with Gasteiger partial charge in [-0.15, -0.1) is 0 Å². The quantitative estimate of drug-likeness (QED) is 0.401. The molecule has 1 saturated heterocycles. The predicted octanol–water partition coefficient (Wildman–Crippen LogP) is 1.72. The van der Waals surface area contributed by atoms with Crippen molar-refractivity contribution in [2.24, 2.45) is 5.92 Å². The molecule has 0 aromatic heterocycles. The van der Waals surface area contributed by atoms with Gasteiger partial charge in [0, 0.05) is 39.3 Å². The maximum absolute atomic E-state index is 11.2. The zero-order valence-electron chi connectivity index (χ0n) is 14.1. The summed E-state index contributed by atoms with van der Waals surface area (Å²) in [5.41, 5.74) is 3.75. The molecule has 1 aromatic carbocycles. The number of benzene rings is 1. The van der Waals surface area contributed by atoms with Crippen molar-refractivity contribution in [2.45, 2.75) is 25.4 Å². The van der Waals surface area contributed by atoms with Crippen molar-refractivity contribution in [3.05, 3.63) is 35.9 Å². The fourth-order valence-electron chi connectivity index (χ4n) is 3.02. The van der Waals surface area contributed by atoms with Gasteiger partial charge in [0.15, 0.2) is 0 Å². The van der Waals surface area contributed by atoms with Crippen LogP contribution in [0.15, 0.2) is 30.3 Å². The molecular formula is C18H26N2O4. The van der Waals surface area contributed by atoms with Crippen LogP contribution in [0.25, 0.3) is 0 Å². The van der Waals surface area contributed by atoms with Gasteiger partial charge in [-0.1, -0.05) is 30.3 Å². The van der Waals surface area contributed by atoms with Gasteiger partial charge in [0.05, 0.1) is 6.10 Å². The van der Waals surface area contributed by atoms with Gasteiger partial charge in [-0.3, -0.25) is 15.0 Å². The van der Waals surface area contributed by atoms with Gasteiger partial charge >= 0.3 is 0 Å². The second-order valence-electron chi connectivity index (χ2n) is 5.99. The van der Waals surface area contributed by atoms with E-state index in [-0.39, 0.29) is 12.0 Å². The van der Waals surface area contributed by atoms with Crippen LogP contribution in [0, 0.1) is 5.92 Å². The molecule has 1 amide bonds. The molecule has 0 bridgehead atoms. The zero-order chi connectivity index (χ0) is 17.2. The van der Waals surface area contributed by atoms with Gasteiger partial charge in [-0.2, -0.15) is 0 Å². The molecule has 0 aliphatic carbocycles. The van der Waals surface area contributed by atoms with Crippen molar-refractivity contribution in [3.8, 4) is 0 Å². The van der Waals surface area contributed by atoms with E-state index in [0.717, 1.165) is 38.0 Å². The fourth-order valence-corrected chi connectivity index (χ4v) is 3.02. The van der Waals surface area contributed by atoms with Crippen molar-refractivity contribution in [1.82, 2.24) is 10.4 Å². The molecule has 1 N–H and O–H groups in total. The number of carbonyl (C=O) groups is 2. The van der Waals surface area contributed by atoms with Crippen molar-refractivity contribution < 1.29 is 19.1 Å². The number of unbranched alkanes of at least 4 members (excludes halogenated alkanes) is 1. The number of hydrogen-bond acceptors (Lipinski definition) is 5. The third kappa shape index (κ3) is 5.70. The van der Waals surface area contributed by atoms with Gasteiger partial charge in [-0.05, 0) is 24.8 Å². The van der Waals surface area contributed by atoms with Crippen LogP contribution in [0.1, 0.15) is 30.9 Å². The van der Waals surface area contributed by atoms with E-state index in [9.17, 15) is 9.59 Å². The minimum absolute atomic E-state index is 0.00752. The van der Waals surface area contributed by atoms with E-state index in [4.69, 9.17) is 9.47 Å². The van der Waals surface area contributed by atoms with Crippen molar-refractivity contribution in [3.63, 3.8) is 0 Å². The van der Waals surface area contributed by atoms with Gasteiger partial charge in [0.25, 0.3) is 5.91 Å². The summed E-state index contributed by atoms with van der Waals surface area (Å²) in [6, 6.07) is 10.2. The molecule has 0 radical (unpaired) electrons. The van der Waals surface area contributed by atoms with E-state index in [0.29, 0.717) is 19.4 Å². The summed E-state index contributed by atoms with van der Waals surface area (Å²) in [5.74, 6) is -0.325. The van der Waals surface area contributed by atoms with E-state index in [1.807, 2.05) is 18.2 Å². The van der Waals surface area contributed by atoms with Crippen LogP contribution in [0.2, 0.25) is 0 Å². The largest absolute Gasteiger partial charge is 0.385 e. The number of aldehydes is 1. The summed E-state index contributed by atoms with van der Waals surface area (Å²) >= 11 is 0. The van der Waals surface area contributed by atoms with Gasteiger partial charge < -0.3 is 9.47 Å². The monoisotopic (exact) mass is 334 g/mol. The van der Waals surface area contributed by atoms with Crippen molar-refractivity contribution >= 4 is 12.2 Å². The Morgan fingerprint density at radius 2 is 2.08 bits per heavy atom. The summed E-state index contributed by atoms with van der Waals surface area (Å²) in [6.07, 6.45) is 3.14. The Bertz CT molecular complexity index is 509. The molecule has 0 saturated carbocycles. The minimum Gasteiger partial charge on any atom is -0.385 e. The lowest BCUT2D eigenvalue weighted by atomic mass is 9.95. The van der Waals surface area contributed by atoms with Crippen LogP contribution in [0.4, 0.5) is 0 Å². The lowest BCUT2D eigenvalue weighted by Gasteiger charge is -2.25. The number of rotatable bonds is 10. The molecule has 2 atom stereocenters. The molecule has 2 rings (SSSR count). The second kappa shape index (κ2) is 10.2. The SMILES string of the molecule is COCCCCOC(c1ccccc1)C1CCN(NC(=O)C=O)C1. The molecule has 0 spiro atoms. The van der Waals surface area contributed by atoms with Crippen molar-refractivity contribution in [2.75, 3.05) is 33.4 Å². The Hall–Kier alpha value is -1.76. The number of nitrogens with zero attached hydrogens (tertiary/aromatic N) is 1. The van der Waals surface area contributed by atoms with Crippen LogP contribution in [0.5, 0.6) is 0 Å². The molecule has 6 nitrogen and oxygen atoms in total. The second-order valence-corrected chi connectivity index (χ2v) is 5.99. The summed E-state index contributed by atoms with van der Waals surface area (Å²) in [4.78, 5) is 21.7. The average molecular weight is 334 g/mol. The number of methoxy groups -OCH3 is 1. The van der Waals surface area contributed by atoms with Crippen LogP contribution in [-0.2, 0) is 19.1 Å². The average Bonchev–Trinajstić information content (AvgIpc) is 3.06. The van der Waals surface area contributed by atoms with E-state index >= 15 is 0 Å². The topological polar surface area (TPSA) is 67.9 Å². The number of hydrazine groups is 1. The normalized spacial score (nSPS) is 19.1. The first-order valence-corrected chi connectivity index (χ1v) is 8.41. The highest BCUT2D eigenvalue weighted by Gasteiger charge is 2.31. The van der Waals surface area contributed by atoms with Crippen LogP contribution < -0.4 is 5.43 Å². The lowest BCUT2D eigenvalue weighted by Crippen LogP contribution is -2.41. The highest BCUT2D eigenvalue weighted by atomic mass is 16.5. The van der Waals surface area contributed by atoms with Gasteiger partial charge in [-0.25, -0.2) is 5.01 Å². The van der Waals surface area contributed by atoms with Gasteiger partial charge in [0.2, 0.25) is 6.29 Å². The molecule has 1 heterocycles. The Morgan fingerprint density at radius 1 is 1.33 bits per heavy atom. The van der Waals surface area contributed by atoms with E-state index < -0.39 is 5.91 Å². The number of hydrogen-bond donors (Lipinski definition) is 1. The zero-order valence-corrected chi connectivity index (χ0v) is 14.1. The number of nitrogens with one attached hydrogen (secondary N) is 1. The number of carbonyl (C=O) groups excluding carboxylic acids is 2. The third-order valence-electron chi connectivity index (χ3n) is 4.20. The van der Waals surface area contributed by atoms with Gasteiger partial charge in [0.1, 0.15) is 0 Å². The third-order valence-corrected chi connectivity index (χ3v) is 4.20. The maximum Gasteiger partial charge on any atom is 0.298 e. The van der Waals surface area contributed by atoms with Crippen LogP contribution in [0.3, 0.4) is 0 Å². The molecular weight excluding hydrogens is 308 g/mol. The Balaban J connectivity index is 1.93. The van der Waals surface area contributed by atoms with Crippen LogP contribution >= 0.6 is 0 Å². The highest BCUT2D eigenvalue weighted by molar-refractivity contribution is 6.23. The fraction of sp³-hybridized carbons (Fsp3) is 0.556. The van der Waals surface area contributed by atoms with E-state index in [1.54, 1.807) is 12.1 Å². The lowest BCUT2D eigenvalue weighted by molar-refractivity contribution is -0.134. The smallest absolute Gasteiger partial charge is 0.298 e. The molecule has 2 unspecified atom stereocenters. The molecule has 132 valence electrons. The summed E-state index contributed by atoms with van der Waals surface area (Å²) in [6.45, 7) is 2.83. The Morgan fingerprint density at radius 3 is 2.79 bits per heavy atom. The molecule has 1 aromatic rings. The molecule has 24 heavy (non-hydrogen) atoms. The summed E-state index contributed by atoms with van der Waals surface area (Å²) in [7, 11) is 1.70.